The number of benzene rings is 1. The van der Waals surface area contributed by atoms with E-state index in [9.17, 15) is 14.0 Å². The number of thiazole rings is 1. The Hall–Kier alpha value is -2.91. The summed E-state index contributed by atoms with van der Waals surface area (Å²) < 4.78 is 13.3. The first-order valence-electron chi connectivity index (χ1n) is 12.2. The Labute approximate surface area is 209 Å². The highest BCUT2D eigenvalue weighted by Gasteiger charge is 2.26. The fraction of sp³-hybridized carbons (Fsp3) is 0.462. The van der Waals surface area contributed by atoms with Crippen molar-refractivity contribution in [3.63, 3.8) is 0 Å². The smallest absolute Gasteiger partial charge is 0.223 e. The summed E-state index contributed by atoms with van der Waals surface area (Å²) >= 11 is 1.37. The molecule has 1 atom stereocenters. The van der Waals surface area contributed by atoms with Gasteiger partial charge in [0.05, 0.1) is 17.9 Å². The molecule has 4 rings (SSSR count). The zero-order valence-corrected chi connectivity index (χ0v) is 20.8. The van der Waals surface area contributed by atoms with Gasteiger partial charge in [0, 0.05) is 23.9 Å². The molecular formula is C26H32FN5O2S. The standard InChI is InChI=1S/C26H32FN5O2S/c1-32-14-11-19(12-15-32)25(34)31-21(5-3-2-4-6-23(33)26-28-13-16-35-26)24-29-17-22(30-24)18-7-9-20(27)10-8-18/h7-10,13,16-17,19,21H,2-6,11-12,14-15H2,1H3,(H,29,30)(H,31,34). The number of likely N-dealkylation sites (tertiary alicyclic amines) is 1. The molecule has 2 aromatic heterocycles. The van der Waals surface area contributed by atoms with Crippen LogP contribution >= 0.6 is 11.3 Å². The topological polar surface area (TPSA) is 91.0 Å². The summed E-state index contributed by atoms with van der Waals surface area (Å²) in [6.07, 6.45) is 8.81. The highest BCUT2D eigenvalue weighted by Crippen LogP contribution is 2.25. The van der Waals surface area contributed by atoms with Gasteiger partial charge in [-0.3, -0.25) is 9.59 Å². The third-order valence-corrected chi connectivity index (χ3v) is 7.37. The number of halogens is 1. The molecule has 0 aliphatic carbocycles. The quantitative estimate of drug-likeness (QED) is 0.287. The van der Waals surface area contributed by atoms with E-state index in [2.05, 4.69) is 32.2 Å². The summed E-state index contributed by atoms with van der Waals surface area (Å²) in [5.74, 6) is 0.578. The number of unbranched alkanes of at least 4 members (excludes halogenated alkanes) is 2. The van der Waals surface area contributed by atoms with Gasteiger partial charge in [-0.15, -0.1) is 11.3 Å². The van der Waals surface area contributed by atoms with Gasteiger partial charge < -0.3 is 15.2 Å². The summed E-state index contributed by atoms with van der Waals surface area (Å²) in [5.41, 5.74) is 1.62. The average molecular weight is 498 g/mol. The first-order valence-corrected chi connectivity index (χ1v) is 13.1. The summed E-state index contributed by atoms with van der Waals surface area (Å²) in [5, 5.41) is 5.61. The van der Waals surface area contributed by atoms with Crippen LogP contribution in [-0.2, 0) is 4.79 Å². The predicted molar refractivity (Wildman–Crippen MR) is 135 cm³/mol. The average Bonchev–Trinajstić information content (AvgIpc) is 3.57. The zero-order valence-electron chi connectivity index (χ0n) is 20.0. The molecule has 3 aromatic rings. The Morgan fingerprint density at radius 1 is 1.17 bits per heavy atom. The van der Waals surface area contributed by atoms with Gasteiger partial charge in [0.1, 0.15) is 11.6 Å². The van der Waals surface area contributed by atoms with Crippen LogP contribution in [0.5, 0.6) is 0 Å². The molecule has 1 aliphatic heterocycles. The fourth-order valence-electron chi connectivity index (χ4n) is 4.41. The van der Waals surface area contributed by atoms with Gasteiger partial charge in [0.25, 0.3) is 0 Å². The van der Waals surface area contributed by atoms with Gasteiger partial charge >= 0.3 is 0 Å². The van der Waals surface area contributed by atoms with E-state index in [1.165, 1.54) is 23.5 Å². The monoisotopic (exact) mass is 497 g/mol. The molecule has 9 heteroatoms. The second-order valence-electron chi connectivity index (χ2n) is 9.19. The van der Waals surface area contributed by atoms with Crippen molar-refractivity contribution in [2.24, 2.45) is 5.92 Å². The molecule has 1 unspecified atom stereocenters. The lowest BCUT2D eigenvalue weighted by Gasteiger charge is -2.29. The number of Topliss-reactive ketones (excluding diaryl/α,β-unsaturated/α-hetero) is 1. The number of aromatic amines is 1. The van der Waals surface area contributed by atoms with Gasteiger partial charge in [-0.25, -0.2) is 14.4 Å². The molecule has 0 bridgehead atoms. The Bertz CT molecular complexity index is 1090. The Kier molecular flexibility index (Phi) is 8.76. The molecule has 1 saturated heterocycles. The maximum atomic E-state index is 13.3. The molecule has 0 radical (unpaired) electrons. The number of rotatable bonds is 11. The molecule has 1 aromatic carbocycles. The number of piperidine rings is 1. The first kappa shape index (κ1) is 25.2. The maximum absolute atomic E-state index is 13.3. The molecule has 1 aliphatic rings. The minimum atomic E-state index is -0.287. The number of H-pyrrole nitrogens is 1. The summed E-state index contributed by atoms with van der Waals surface area (Å²) in [6, 6.07) is 6.01. The van der Waals surface area contributed by atoms with Crippen LogP contribution in [0.2, 0.25) is 0 Å². The third kappa shape index (κ3) is 7.05. The van der Waals surface area contributed by atoms with Crippen molar-refractivity contribution in [2.45, 2.75) is 51.0 Å². The van der Waals surface area contributed by atoms with E-state index in [1.54, 1.807) is 24.5 Å². The van der Waals surface area contributed by atoms with E-state index in [4.69, 9.17) is 0 Å². The largest absolute Gasteiger partial charge is 0.346 e. The van der Waals surface area contributed by atoms with E-state index in [1.807, 2.05) is 5.38 Å². The van der Waals surface area contributed by atoms with Crippen molar-refractivity contribution >= 4 is 23.0 Å². The van der Waals surface area contributed by atoms with Crippen molar-refractivity contribution in [3.8, 4) is 11.3 Å². The molecule has 0 saturated carbocycles. The van der Waals surface area contributed by atoms with Crippen LogP contribution in [0.1, 0.15) is 66.6 Å². The zero-order chi connectivity index (χ0) is 24.6. The Morgan fingerprint density at radius 3 is 2.66 bits per heavy atom. The number of hydrogen-bond donors (Lipinski definition) is 2. The minimum Gasteiger partial charge on any atom is -0.346 e. The van der Waals surface area contributed by atoms with Crippen molar-refractivity contribution in [1.82, 2.24) is 25.2 Å². The number of carbonyl (C=O) groups excluding carboxylic acids is 2. The molecule has 35 heavy (non-hydrogen) atoms. The molecular weight excluding hydrogens is 465 g/mol. The molecule has 0 spiro atoms. The number of nitrogens with zero attached hydrogens (tertiary/aromatic N) is 3. The van der Waals surface area contributed by atoms with Crippen LogP contribution in [-0.4, -0.2) is 51.7 Å². The summed E-state index contributed by atoms with van der Waals surface area (Å²) in [4.78, 5) is 39.4. The van der Waals surface area contributed by atoms with Crippen LogP contribution < -0.4 is 5.32 Å². The number of hydrogen-bond acceptors (Lipinski definition) is 6. The van der Waals surface area contributed by atoms with Gasteiger partial charge in [-0.1, -0.05) is 12.8 Å². The van der Waals surface area contributed by atoms with Crippen molar-refractivity contribution < 1.29 is 14.0 Å². The third-order valence-electron chi connectivity index (χ3n) is 6.55. The van der Waals surface area contributed by atoms with Gasteiger partial charge in [0.2, 0.25) is 5.91 Å². The highest BCUT2D eigenvalue weighted by molar-refractivity contribution is 7.11. The van der Waals surface area contributed by atoms with Gasteiger partial charge in [0.15, 0.2) is 10.8 Å². The maximum Gasteiger partial charge on any atom is 0.223 e. The van der Waals surface area contributed by atoms with Crippen LogP contribution in [0.4, 0.5) is 4.39 Å². The van der Waals surface area contributed by atoms with E-state index in [0.717, 1.165) is 62.9 Å². The van der Waals surface area contributed by atoms with Crippen molar-refractivity contribution in [3.05, 3.63) is 58.7 Å². The molecule has 186 valence electrons. The van der Waals surface area contributed by atoms with Gasteiger partial charge in [-0.05, 0) is 75.6 Å². The first-order chi connectivity index (χ1) is 17.0. The molecule has 7 nitrogen and oxygen atoms in total. The van der Waals surface area contributed by atoms with Crippen LogP contribution in [0, 0.1) is 11.7 Å². The van der Waals surface area contributed by atoms with E-state index in [0.29, 0.717) is 17.3 Å². The Morgan fingerprint density at radius 2 is 1.94 bits per heavy atom. The second-order valence-corrected chi connectivity index (χ2v) is 10.1. The van der Waals surface area contributed by atoms with Crippen LogP contribution in [0.15, 0.2) is 42.0 Å². The van der Waals surface area contributed by atoms with Crippen LogP contribution in [0.25, 0.3) is 11.3 Å². The molecule has 3 heterocycles. The number of amides is 1. The Balaban J connectivity index is 1.37. The van der Waals surface area contributed by atoms with E-state index >= 15 is 0 Å². The highest BCUT2D eigenvalue weighted by atomic mass is 32.1. The lowest BCUT2D eigenvalue weighted by molar-refractivity contribution is -0.127. The minimum absolute atomic E-state index is 0.0103. The van der Waals surface area contributed by atoms with Crippen molar-refractivity contribution in [2.75, 3.05) is 20.1 Å². The number of carbonyl (C=O) groups is 2. The number of nitrogens with one attached hydrogen (secondary N) is 2. The van der Waals surface area contributed by atoms with Crippen LogP contribution in [0.3, 0.4) is 0 Å². The molecule has 1 fully saturated rings. The lowest BCUT2D eigenvalue weighted by atomic mass is 9.95. The van der Waals surface area contributed by atoms with Crippen molar-refractivity contribution in [1.29, 1.82) is 0 Å². The summed E-state index contributed by atoms with van der Waals surface area (Å²) in [7, 11) is 2.08. The molecule has 1 amide bonds. The number of imidazole rings is 1. The lowest BCUT2D eigenvalue weighted by Crippen LogP contribution is -2.40. The van der Waals surface area contributed by atoms with E-state index < -0.39 is 0 Å². The second kappa shape index (κ2) is 12.2. The number of aromatic nitrogens is 3. The van der Waals surface area contributed by atoms with E-state index in [-0.39, 0.29) is 29.5 Å². The fourth-order valence-corrected chi connectivity index (χ4v) is 5.01. The molecule has 2 N–H and O–H groups in total. The summed E-state index contributed by atoms with van der Waals surface area (Å²) in [6.45, 7) is 1.84. The normalized spacial score (nSPS) is 15.7. The number of ketones is 1. The van der Waals surface area contributed by atoms with Gasteiger partial charge in [-0.2, -0.15) is 0 Å². The SMILES string of the molecule is CN1CCC(C(=O)NC(CCCCCC(=O)c2nccs2)c2ncc(-c3ccc(F)cc3)[nH]2)CC1. The predicted octanol–water partition coefficient (Wildman–Crippen LogP) is 5.00.